The van der Waals surface area contributed by atoms with Gasteiger partial charge in [-0.05, 0) is 43.7 Å². The molecule has 3 nitrogen and oxygen atoms in total. The molecule has 1 saturated carbocycles. The second-order valence-electron chi connectivity index (χ2n) is 5.79. The number of hydrogen-bond acceptors (Lipinski definition) is 2. The van der Waals surface area contributed by atoms with Crippen LogP contribution >= 0.6 is 0 Å². The highest BCUT2D eigenvalue weighted by Crippen LogP contribution is 2.31. The van der Waals surface area contributed by atoms with Gasteiger partial charge in [0.15, 0.2) is 0 Å². The van der Waals surface area contributed by atoms with Crippen LogP contribution in [0.1, 0.15) is 45.4 Å². The van der Waals surface area contributed by atoms with Gasteiger partial charge in [-0.15, -0.1) is 0 Å². The van der Waals surface area contributed by atoms with Crippen LogP contribution in [0, 0.1) is 5.92 Å². The molecule has 0 bridgehead atoms. The van der Waals surface area contributed by atoms with E-state index < -0.39 is 0 Å². The first-order chi connectivity index (χ1) is 9.36. The molecule has 0 radical (unpaired) electrons. The monoisotopic (exact) mass is 257 g/mol. The molecule has 1 aliphatic rings. The Balaban J connectivity index is 1.65. The summed E-state index contributed by atoms with van der Waals surface area (Å²) in [5.41, 5.74) is 2.34. The molecule has 0 amide bonds. The van der Waals surface area contributed by atoms with Crippen molar-refractivity contribution in [3.63, 3.8) is 0 Å². The molecule has 1 fully saturated rings. The molecule has 0 aliphatic heterocycles. The van der Waals surface area contributed by atoms with E-state index in [0.717, 1.165) is 11.4 Å². The van der Waals surface area contributed by atoms with Crippen molar-refractivity contribution in [3.05, 3.63) is 24.4 Å². The van der Waals surface area contributed by atoms with Gasteiger partial charge in [-0.25, -0.2) is 0 Å². The molecule has 19 heavy (non-hydrogen) atoms. The van der Waals surface area contributed by atoms with Gasteiger partial charge in [-0.1, -0.05) is 25.8 Å². The number of hydrogen-bond donors (Lipinski definition) is 2. The standard InChI is InChI=1S/C16H23N3/c1-2-4-12-7-9-13(10-8-12)18-15-5-3-6-16-14(15)11-17-19-16/h3,5-6,11-13,18H,2,4,7-10H2,1H3,(H,17,19). The van der Waals surface area contributed by atoms with Crippen molar-refractivity contribution in [1.82, 2.24) is 10.2 Å². The van der Waals surface area contributed by atoms with E-state index in [0.29, 0.717) is 6.04 Å². The van der Waals surface area contributed by atoms with Crippen LogP contribution in [0.25, 0.3) is 10.9 Å². The molecule has 2 aromatic rings. The van der Waals surface area contributed by atoms with Crippen molar-refractivity contribution < 1.29 is 0 Å². The predicted octanol–water partition coefficient (Wildman–Crippen LogP) is 4.33. The largest absolute Gasteiger partial charge is 0.382 e. The molecule has 0 atom stereocenters. The number of rotatable bonds is 4. The number of nitrogens with one attached hydrogen (secondary N) is 2. The third kappa shape index (κ3) is 2.75. The highest BCUT2D eigenvalue weighted by Gasteiger charge is 2.20. The van der Waals surface area contributed by atoms with Gasteiger partial charge in [0.25, 0.3) is 0 Å². The van der Waals surface area contributed by atoms with Crippen LogP contribution in [0.3, 0.4) is 0 Å². The van der Waals surface area contributed by atoms with E-state index in [1.807, 2.05) is 6.20 Å². The molecule has 1 aliphatic carbocycles. The van der Waals surface area contributed by atoms with Crippen LogP contribution in [0.5, 0.6) is 0 Å². The lowest BCUT2D eigenvalue weighted by atomic mass is 9.83. The van der Waals surface area contributed by atoms with Crippen molar-refractivity contribution in [1.29, 1.82) is 0 Å². The summed E-state index contributed by atoms with van der Waals surface area (Å²) in [5.74, 6) is 0.966. The third-order valence-corrected chi connectivity index (χ3v) is 4.39. The molecule has 102 valence electrons. The van der Waals surface area contributed by atoms with Gasteiger partial charge in [0.2, 0.25) is 0 Å². The summed E-state index contributed by atoms with van der Waals surface area (Å²) in [5, 5.41) is 12.1. The Morgan fingerprint density at radius 3 is 2.89 bits per heavy atom. The Hall–Kier alpha value is -1.51. The highest BCUT2D eigenvalue weighted by molar-refractivity contribution is 5.90. The summed E-state index contributed by atoms with van der Waals surface area (Å²) in [6.07, 6.45) is 10.0. The molecule has 0 saturated heterocycles. The average molecular weight is 257 g/mol. The smallest absolute Gasteiger partial charge is 0.0671 e. The summed E-state index contributed by atoms with van der Waals surface area (Å²) in [4.78, 5) is 0. The van der Waals surface area contributed by atoms with Crippen LogP contribution in [0.2, 0.25) is 0 Å². The van der Waals surface area contributed by atoms with E-state index in [-0.39, 0.29) is 0 Å². The van der Waals surface area contributed by atoms with Crippen molar-refractivity contribution in [2.45, 2.75) is 51.5 Å². The minimum atomic E-state index is 0.633. The number of fused-ring (bicyclic) bond motifs is 1. The normalized spacial score (nSPS) is 23.6. The molecule has 0 unspecified atom stereocenters. The minimum absolute atomic E-state index is 0.633. The van der Waals surface area contributed by atoms with Gasteiger partial charge in [0, 0.05) is 17.1 Å². The zero-order chi connectivity index (χ0) is 13.1. The lowest BCUT2D eigenvalue weighted by Gasteiger charge is -2.29. The quantitative estimate of drug-likeness (QED) is 0.855. The first-order valence-corrected chi connectivity index (χ1v) is 7.55. The summed E-state index contributed by atoms with van der Waals surface area (Å²) in [7, 11) is 0. The van der Waals surface area contributed by atoms with Crippen LogP contribution in [0.4, 0.5) is 5.69 Å². The van der Waals surface area contributed by atoms with E-state index in [1.165, 1.54) is 49.6 Å². The molecule has 2 N–H and O–H groups in total. The maximum Gasteiger partial charge on any atom is 0.0671 e. The Morgan fingerprint density at radius 1 is 1.26 bits per heavy atom. The number of H-pyrrole nitrogens is 1. The topological polar surface area (TPSA) is 40.7 Å². The van der Waals surface area contributed by atoms with Gasteiger partial charge in [0.05, 0.1) is 11.7 Å². The van der Waals surface area contributed by atoms with Crippen molar-refractivity contribution in [3.8, 4) is 0 Å². The molecule has 0 spiro atoms. The van der Waals surface area contributed by atoms with E-state index >= 15 is 0 Å². The average Bonchev–Trinajstić information content (AvgIpc) is 2.91. The van der Waals surface area contributed by atoms with Crippen LogP contribution in [-0.4, -0.2) is 16.2 Å². The van der Waals surface area contributed by atoms with Crippen LogP contribution in [0.15, 0.2) is 24.4 Å². The van der Waals surface area contributed by atoms with Gasteiger partial charge in [-0.3, -0.25) is 5.10 Å². The molecule has 1 heterocycles. The number of anilines is 1. The van der Waals surface area contributed by atoms with Gasteiger partial charge in [-0.2, -0.15) is 5.10 Å². The second-order valence-corrected chi connectivity index (χ2v) is 5.79. The number of benzene rings is 1. The van der Waals surface area contributed by atoms with Gasteiger partial charge < -0.3 is 5.32 Å². The lowest BCUT2D eigenvalue weighted by molar-refractivity contribution is 0.319. The summed E-state index contributed by atoms with van der Waals surface area (Å²) >= 11 is 0. The Bertz CT molecular complexity index is 524. The first-order valence-electron chi connectivity index (χ1n) is 7.55. The van der Waals surface area contributed by atoms with E-state index in [2.05, 4.69) is 40.6 Å². The fraction of sp³-hybridized carbons (Fsp3) is 0.562. The first kappa shape index (κ1) is 12.5. The third-order valence-electron chi connectivity index (χ3n) is 4.39. The van der Waals surface area contributed by atoms with Crippen molar-refractivity contribution >= 4 is 16.6 Å². The Kier molecular flexibility index (Phi) is 3.72. The van der Waals surface area contributed by atoms with Crippen LogP contribution in [-0.2, 0) is 0 Å². The predicted molar refractivity (Wildman–Crippen MR) is 80.4 cm³/mol. The number of aromatic nitrogens is 2. The molecule has 1 aromatic carbocycles. The Morgan fingerprint density at radius 2 is 2.11 bits per heavy atom. The number of aromatic amines is 1. The maximum absolute atomic E-state index is 4.13. The SMILES string of the molecule is CCCC1CCC(Nc2cccc3[nH]ncc23)CC1. The van der Waals surface area contributed by atoms with E-state index in [4.69, 9.17) is 0 Å². The molecule has 3 rings (SSSR count). The lowest BCUT2D eigenvalue weighted by Crippen LogP contribution is -2.26. The van der Waals surface area contributed by atoms with Crippen molar-refractivity contribution in [2.24, 2.45) is 5.92 Å². The molecular formula is C16H23N3. The van der Waals surface area contributed by atoms with Gasteiger partial charge in [0.1, 0.15) is 0 Å². The zero-order valence-corrected chi connectivity index (χ0v) is 11.7. The maximum atomic E-state index is 4.13. The van der Waals surface area contributed by atoms with Crippen molar-refractivity contribution in [2.75, 3.05) is 5.32 Å². The molecular weight excluding hydrogens is 234 g/mol. The van der Waals surface area contributed by atoms with Crippen LogP contribution < -0.4 is 5.32 Å². The Labute approximate surface area is 114 Å². The van der Waals surface area contributed by atoms with E-state index in [1.54, 1.807) is 0 Å². The second kappa shape index (κ2) is 5.64. The summed E-state index contributed by atoms with van der Waals surface area (Å²) in [6.45, 7) is 2.30. The number of nitrogens with zero attached hydrogens (tertiary/aromatic N) is 1. The van der Waals surface area contributed by atoms with E-state index in [9.17, 15) is 0 Å². The molecule has 1 aromatic heterocycles. The summed E-state index contributed by atoms with van der Waals surface area (Å²) in [6, 6.07) is 6.96. The molecule has 3 heteroatoms. The zero-order valence-electron chi connectivity index (χ0n) is 11.7. The fourth-order valence-corrected chi connectivity index (χ4v) is 3.32. The summed E-state index contributed by atoms with van der Waals surface area (Å²) < 4.78 is 0. The highest BCUT2D eigenvalue weighted by atomic mass is 15.1. The fourth-order valence-electron chi connectivity index (χ4n) is 3.32. The minimum Gasteiger partial charge on any atom is -0.382 e. The van der Waals surface area contributed by atoms with Gasteiger partial charge >= 0.3 is 0 Å².